The van der Waals surface area contributed by atoms with Crippen LogP contribution in [-0.4, -0.2) is 12.8 Å². The Morgan fingerprint density at radius 2 is 1.91 bits per heavy atom. The van der Waals surface area contributed by atoms with Crippen LogP contribution in [0, 0.1) is 0 Å². The number of para-hydroxylation sites is 1. The third kappa shape index (κ3) is 1.55. The third-order valence-corrected chi connectivity index (χ3v) is 5.57. The van der Waals surface area contributed by atoms with Crippen LogP contribution in [0.4, 0.5) is 5.69 Å². The SMILES string of the molecule is CC1=CC2=C(CC1)OC1(C=C2)N(C)c2ccccc2C1(C)C. The summed E-state index contributed by atoms with van der Waals surface area (Å²) in [5, 5.41) is 0. The molecule has 4 rings (SSSR count). The molecule has 0 fully saturated rings. The maximum atomic E-state index is 6.67. The summed E-state index contributed by atoms with van der Waals surface area (Å²) >= 11 is 0. The zero-order valence-corrected chi connectivity index (χ0v) is 13.8. The number of likely N-dealkylation sites (N-methyl/N-ethyl adjacent to an activating group) is 1. The zero-order valence-electron chi connectivity index (χ0n) is 13.8. The summed E-state index contributed by atoms with van der Waals surface area (Å²) in [6.45, 7) is 6.77. The van der Waals surface area contributed by atoms with E-state index in [-0.39, 0.29) is 5.41 Å². The fourth-order valence-corrected chi connectivity index (χ4v) is 4.15. The summed E-state index contributed by atoms with van der Waals surface area (Å²) in [5.74, 6) is 1.14. The lowest BCUT2D eigenvalue weighted by atomic mass is 9.76. The predicted molar refractivity (Wildman–Crippen MR) is 90.8 cm³/mol. The Balaban J connectivity index is 1.83. The first-order valence-corrected chi connectivity index (χ1v) is 8.08. The molecule has 0 radical (unpaired) electrons. The first-order valence-electron chi connectivity index (χ1n) is 8.08. The minimum Gasteiger partial charge on any atom is -0.467 e. The van der Waals surface area contributed by atoms with Gasteiger partial charge in [-0.1, -0.05) is 29.8 Å². The molecule has 0 N–H and O–H groups in total. The lowest BCUT2D eigenvalue weighted by molar-refractivity contribution is -0.0106. The summed E-state index contributed by atoms with van der Waals surface area (Å²) in [5.41, 5.74) is 4.79. The lowest BCUT2D eigenvalue weighted by Crippen LogP contribution is -2.55. The van der Waals surface area contributed by atoms with E-state index in [0.29, 0.717) is 0 Å². The van der Waals surface area contributed by atoms with Crippen molar-refractivity contribution in [2.24, 2.45) is 0 Å². The van der Waals surface area contributed by atoms with Crippen molar-refractivity contribution in [1.29, 1.82) is 0 Å². The van der Waals surface area contributed by atoms with Gasteiger partial charge in [0.25, 0.3) is 0 Å². The van der Waals surface area contributed by atoms with Gasteiger partial charge in [0.15, 0.2) is 0 Å². The highest BCUT2D eigenvalue weighted by Crippen LogP contribution is 2.54. The van der Waals surface area contributed by atoms with Crippen molar-refractivity contribution in [2.75, 3.05) is 11.9 Å². The number of anilines is 1. The molecule has 1 aromatic carbocycles. The molecule has 3 aliphatic rings. The second kappa shape index (κ2) is 4.28. The van der Waals surface area contributed by atoms with Crippen molar-refractivity contribution in [2.45, 2.75) is 44.8 Å². The molecule has 0 bridgehead atoms. The molecule has 0 aromatic heterocycles. The molecule has 1 unspecified atom stereocenters. The van der Waals surface area contributed by atoms with E-state index >= 15 is 0 Å². The third-order valence-electron chi connectivity index (χ3n) is 5.57. The van der Waals surface area contributed by atoms with Gasteiger partial charge >= 0.3 is 0 Å². The molecule has 22 heavy (non-hydrogen) atoms. The molecule has 2 aliphatic heterocycles. The van der Waals surface area contributed by atoms with Gasteiger partial charge in [-0.2, -0.15) is 0 Å². The van der Waals surface area contributed by atoms with E-state index < -0.39 is 5.72 Å². The molecule has 0 amide bonds. The van der Waals surface area contributed by atoms with Crippen molar-refractivity contribution in [3.05, 3.63) is 65.0 Å². The largest absolute Gasteiger partial charge is 0.467 e. The van der Waals surface area contributed by atoms with Gasteiger partial charge in [0.1, 0.15) is 5.76 Å². The Labute approximate surface area is 132 Å². The topological polar surface area (TPSA) is 12.5 Å². The van der Waals surface area contributed by atoms with Gasteiger partial charge in [-0.15, -0.1) is 0 Å². The number of benzene rings is 1. The molecule has 2 nitrogen and oxygen atoms in total. The lowest BCUT2D eigenvalue weighted by Gasteiger charge is -2.46. The number of hydrogen-bond donors (Lipinski definition) is 0. The number of nitrogens with zero attached hydrogens (tertiary/aromatic N) is 1. The first-order chi connectivity index (χ1) is 10.5. The van der Waals surface area contributed by atoms with Crippen LogP contribution in [0.3, 0.4) is 0 Å². The Morgan fingerprint density at radius 1 is 1.14 bits per heavy atom. The van der Waals surface area contributed by atoms with Crippen LogP contribution >= 0.6 is 0 Å². The Morgan fingerprint density at radius 3 is 2.68 bits per heavy atom. The molecule has 1 atom stereocenters. The zero-order chi connectivity index (χ0) is 15.5. The normalized spacial score (nSPS) is 28.4. The smallest absolute Gasteiger partial charge is 0.211 e. The van der Waals surface area contributed by atoms with Crippen LogP contribution in [-0.2, 0) is 10.2 Å². The van der Waals surface area contributed by atoms with Gasteiger partial charge in [0.05, 0.1) is 5.41 Å². The van der Waals surface area contributed by atoms with Crippen molar-refractivity contribution < 1.29 is 4.74 Å². The quantitative estimate of drug-likeness (QED) is 0.688. The second-order valence-electron chi connectivity index (χ2n) is 7.20. The minimum atomic E-state index is -0.422. The van der Waals surface area contributed by atoms with Crippen LogP contribution in [0.5, 0.6) is 0 Å². The van der Waals surface area contributed by atoms with Crippen molar-refractivity contribution in [1.82, 2.24) is 0 Å². The highest BCUT2D eigenvalue weighted by molar-refractivity contribution is 5.67. The predicted octanol–water partition coefficient (Wildman–Crippen LogP) is 4.69. The summed E-state index contributed by atoms with van der Waals surface area (Å²) in [6.07, 6.45) is 8.87. The van der Waals surface area contributed by atoms with E-state index in [1.807, 2.05) is 0 Å². The van der Waals surface area contributed by atoms with Gasteiger partial charge in [-0.25, -0.2) is 0 Å². The molecule has 1 aromatic rings. The number of fused-ring (bicyclic) bond motifs is 1. The van der Waals surface area contributed by atoms with Crippen molar-refractivity contribution in [3.8, 4) is 0 Å². The molecular weight excluding hydrogens is 270 g/mol. The molecule has 0 saturated heterocycles. The van der Waals surface area contributed by atoms with E-state index in [9.17, 15) is 0 Å². The summed E-state index contributed by atoms with van der Waals surface area (Å²) in [4.78, 5) is 2.30. The van der Waals surface area contributed by atoms with E-state index in [1.54, 1.807) is 0 Å². The number of allylic oxidation sites excluding steroid dienone is 5. The maximum Gasteiger partial charge on any atom is 0.211 e. The fourth-order valence-electron chi connectivity index (χ4n) is 4.15. The van der Waals surface area contributed by atoms with Crippen LogP contribution in [0.2, 0.25) is 0 Å². The summed E-state index contributed by atoms with van der Waals surface area (Å²) in [7, 11) is 2.15. The maximum absolute atomic E-state index is 6.67. The van der Waals surface area contributed by atoms with Crippen LogP contribution in [0.25, 0.3) is 0 Å². The van der Waals surface area contributed by atoms with E-state index in [0.717, 1.165) is 18.6 Å². The minimum absolute atomic E-state index is 0.0937. The molecule has 114 valence electrons. The molecule has 0 saturated carbocycles. The summed E-state index contributed by atoms with van der Waals surface area (Å²) in [6, 6.07) is 8.65. The Hall–Kier alpha value is -1.96. The van der Waals surface area contributed by atoms with Gasteiger partial charge in [0, 0.05) is 24.7 Å². The van der Waals surface area contributed by atoms with Crippen molar-refractivity contribution >= 4 is 5.69 Å². The molecule has 2 heterocycles. The molecule has 1 aliphatic carbocycles. The summed E-state index contributed by atoms with van der Waals surface area (Å²) < 4.78 is 6.67. The van der Waals surface area contributed by atoms with E-state index in [4.69, 9.17) is 4.74 Å². The average Bonchev–Trinajstić information content (AvgIpc) is 2.67. The standard InChI is InChI=1S/C20H23NO/c1-14-9-10-18-15(13-14)11-12-20(22-18)19(2,3)16-7-5-6-8-17(16)21(20)4/h5-8,11-13H,9-10H2,1-4H3. The average molecular weight is 293 g/mol. The Bertz CT molecular complexity index is 738. The monoisotopic (exact) mass is 293 g/mol. The van der Waals surface area contributed by atoms with Crippen LogP contribution in [0.1, 0.15) is 39.2 Å². The molecular formula is C20H23NO. The van der Waals surface area contributed by atoms with Crippen LogP contribution in [0.15, 0.2) is 59.4 Å². The van der Waals surface area contributed by atoms with Crippen LogP contribution < -0.4 is 4.90 Å². The van der Waals surface area contributed by atoms with Crippen molar-refractivity contribution in [3.63, 3.8) is 0 Å². The number of ether oxygens (including phenoxy) is 1. The second-order valence-corrected chi connectivity index (χ2v) is 7.20. The van der Waals surface area contributed by atoms with E-state index in [2.05, 4.69) is 75.2 Å². The molecule has 2 heteroatoms. The molecule has 1 spiro atoms. The van der Waals surface area contributed by atoms with Gasteiger partial charge in [0.2, 0.25) is 5.72 Å². The number of hydrogen-bond acceptors (Lipinski definition) is 2. The Kier molecular flexibility index (Phi) is 2.66. The number of rotatable bonds is 0. The van der Waals surface area contributed by atoms with E-state index in [1.165, 1.54) is 22.4 Å². The van der Waals surface area contributed by atoms with Gasteiger partial charge in [-0.05, 0) is 51.0 Å². The first kappa shape index (κ1) is 13.7. The highest BCUT2D eigenvalue weighted by Gasteiger charge is 2.57. The fraction of sp³-hybridized carbons (Fsp3) is 0.400. The van der Waals surface area contributed by atoms with Gasteiger partial charge in [-0.3, -0.25) is 0 Å². The van der Waals surface area contributed by atoms with Gasteiger partial charge < -0.3 is 9.64 Å². The highest BCUT2D eigenvalue weighted by atomic mass is 16.5.